The van der Waals surface area contributed by atoms with Crippen LogP contribution in [0.2, 0.25) is 0 Å². The monoisotopic (exact) mass is 230 g/mol. The molecule has 3 N–H and O–H groups in total. The highest BCUT2D eigenvalue weighted by Crippen LogP contribution is 2.26. The average molecular weight is 230 g/mol. The Morgan fingerprint density at radius 3 is 3.00 bits per heavy atom. The fourth-order valence-electron chi connectivity index (χ4n) is 1.96. The van der Waals surface area contributed by atoms with Gasteiger partial charge in [-0.25, -0.2) is 0 Å². The van der Waals surface area contributed by atoms with Crippen molar-refractivity contribution in [3.8, 4) is 0 Å². The Bertz CT molecular complexity index is 246. The fraction of sp³-hybridized carbons (Fsp3) is 0.800. The molecule has 0 radical (unpaired) electrons. The molecule has 1 saturated heterocycles. The number of hydrogen-bond donors (Lipinski definition) is 3. The maximum absolute atomic E-state index is 10.7. The van der Waals surface area contributed by atoms with Gasteiger partial charge in [0.1, 0.15) is 0 Å². The molecule has 1 aliphatic rings. The number of carbonyl (C=O) groups is 1. The van der Waals surface area contributed by atoms with E-state index < -0.39 is 5.97 Å². The molecular weight excluding hydrogens is 212 g/mol. The Balaban J connectivity index is 2.66. The maximum Gasteiger partial charge on any atom is 0.303 e. The Labute approximate surface area is 94.5 Å². The van der Waals surface area contributed by atoms with Gasteiger partial charge in [0.05, 0.1) is 6.42 Å². The molecule has 0 saturated carbocycles. The smallest absolute Gasteiger partial charge is 0.303 e. The Hall–Kier alpha value is -0.550. The molecule has 86 valence electrons. The van der Waals surface area contributed by atoms with Crippen molar-refractivity contribution in [2.24, 2.45) is 11.8 Å². The first-order valence-electron chi connectivity index (χ1n) is 5.29. The molecule has 1 rings (SSSR count). The van der Waals surface area contributed by atoms with Gasteiger partial charge in [0.25, 0.3) is 0 Å². The van der Waals surface area contributed by atoms with Gasteiger partial charge in [0.15, 0.2) is 0 Å². The van der Waals surface area contributed by atoms with Gasteiger partial charge in [0.2, 0.25) is 0 Å². The molecular formula is C10H18N2O2S. The maximum atomic E-state index is 10.7. The van der Waals surface area contributed by atoms with Crippen LogP contribution in [0.5, 0.6) is 0 Å². The average Bonchev–Trinajstić information content (AvgIpc) is 2.41. The van der Waals surface area contributed by atoms with E-state index in [0.717, 1.165) is 18.6 Å². The Kier molecular flexibility index (Phi) is 5.11. The van der Waals surface area contributed by atoms with E-state index in [1.165, 1.54) is 0 Å². The summed E-state index contributed by atoms with van der Waals surface area (Å²) in [4.78, 5) is 10.7. The molecule has 4 nitrogen and oxygen atoms in total. The summed E-state index contributed by atoms with van der Waals surface area (Å²) in [5, 5.41) is 16.7. The van der Waals surface area contributed by atoms with E-state index in [-0.39, 0.29) is 18.3 Å². The van der Waals surface area contributed by atoms with Crippen LogP contribution >= 0.6 is 11.9 Å². The van der Waals surface area contributed by atoms with Gasteiger partial charge in [-0.2, -0.15) is 0 Å². The molecule has 0 aromatic rings. The van der Waals surface area contributed by atoms with E-state index >= 15 is 0 Å². The van der Waals surface area contributed by atoms with Crippen molar-refractivity contribution >= 4 is 23.6 Å². The minimum atomic E-state index is -0.761. The van der Waals surface area contributed by atoms with Crippen molar-refractivity contribution in [1.29, 1.82) is 5.41 Å². The van der Waals surface area contributed by atoms with Crippen molar-refractivity contribution < 1.29 is 9.90 Å². The van der Waals surface area contributed by atoms with Gasteiger partial charge in [-0.1, -0.05) is 18.9 Å². The first-order chi connectivity index (χ1) is 7.15. The lowest BCUT2D eigenvalue weighted by molar-refractivity contribution is -0.138. The molecule has 0 aromatic heterocycles. The van der Waals surface area contributed by atoms with Gasteiger partial charge in [-0.05, 0) is 18.8 Å². The molecule has 1 aliphatic heterocycles. The third kappa shape index (κ3) is 3.83. The topological polar surface area (TPSA) is 73.2 Å². The van der Waals surface area contributed by atoms with Gasteiger partial charge >= 0.3 is 5.97 Å². The molecule has 1 heterocycles. The molecule has 0 spiro atoms. The van der Waals surface area contributed by atoms with E-state index in [1.54, 1.807) is 11.9 Å². The quantitative estimate of drug-likeness (QED) is 0.508. The SMILES string of the molecule is CCC(=N)C1CCSNCC1CC(=O)O. The third-order valence-corrected chi connectivity index (χ3v) is 3.62. The molecule has 5 heteroatoms. The molecule has 0 aromatic carbocycles. The lowest BCUT2D eigenvalue weighted by Gasteiger charge is -2.23. The van der Waals surface area contributed by atoms with Crippen molar-refractivity contribution in [2.75, 3.05) is 12.3 Å². The second kappa shape index (κ2) is 6.12. The van der Waals surface area contributed by atoms with E-state index in [9.17, 15) is 4.79 Å². The molecule has 0 amide bonds. The summed E-state index contributed by atoms with van der Waals surface area (Å²) in [7, 11) is 0. The van der Waals surface area contributed by atoms with Gasteiger partial charge in [-0.3, -0.25) is 9.52 Å². The fourth-order valence-corrected chi connectivity index (χ4v) is 2.81. The van der Waals surface area contributed by atoms with Crippen molar-refractivity contribution in [1.82, 2.24) is 4.72 Å². The van der Waals surface area contributed by atoms with Crippen molar-refractivity contribution in [3.63, 3.8) is 0 Å². The minimum absolute atomic E-state index is 0.0740. The number of rotatable bonds is 4. The highest BCUT2D eigenvalue weighted by atomic mass is 32.2. The number of aliphatic carboxylic acids is 1. The summed E-state index contributed by atoms with van der Waals surface area (Å²) in [6.45, 7) is 2.66. The van der Waals surface area contributed by atoms with Crippen LogP contribution in [0.3, 0.4) is 0 Å². The van der Waals surface area contributed by atoms with Crippen molar-refractivity contribution in [2.45, 2.75) is 26.2 Å². The van der Waals surface area contributed by atoms with E-state index in [0.29, 0.717) is 12.3 Å². The molecule has 0 bridgehead atoms. The standard InChI is InChI=1S/C10H18N2O2S/c1-2-9(11)8-3-4-15-12-6-7(8)5-10(13)14/h7-8,11-12H,2-6H2,1H3,(H,13,14). The lowest BCUT2D eigenvalue weighted by atomic mass is 9.83. The summed E-state index contributed by atoms with van der Waals surface area (Å²) >= 11 is 1.64. The third-order valence-electron chi connectivity index (χ3n) is 2.81. The second-order valence-electron chi connectivity index (χ2n) is 3.83. The number of carboxylic acid groups (broad SMARTS) is 1. The zero-order valence-corrected chi connectivity index (χ0v) is 9.77. The first kappa shape index (κ1) is 12.5. The lowest BCUT2D eigenvalue weighted by Crippen LogP contribution is -2.29. The first-order valence-corrected chi connectivity index (χ1v) is 6.27. The summed E-state index contributed by atoms with van der Waals surface area (Å²) in [5.41, 5.74) is 0.700. The highest BCUT2D eigenvalue weighted by Gasteiger charge is 2.28. The van der Waals surface area contributed by atoms with Gasteiger partial charge < -0.3 is 10.5 Å². The van der Waals surface area contributed by atoms with Crippen molar-refractivity contribution in [3.05, 3.63) is 0 Å². The normalized spacial score (nSPS) is 27.0. The highest BCUT2D eigenvalue weighted by molar-refractivity contribution is 7.97. The van der Waals surface area contributed by atoms with E-state index in [2.05, 4.69) is 4.72 Å². The molecule has 2 atom stereocenters. The number of nitrogens with one attached hydrogen (secondary N) is 2. The summed E-state index contributed by atoms with van der Waals surface area (Å²) in [6, 6.07) is 0. The molecule has 15 heavy (non-hydrogen) atoms. The van der Waals surface area contributed by atoms with Gasteiger partial charge in [-0.15, -0.1) is 0 Å². The van der Waals surface area contributed by atoms with E-state index in [1.807, 2.05) is 6.92 Å². The minimum Gasteiger partial charge on any atom is -0.481 e. The molecule has 0 aliphatic carbocycles. The zero-order chi connectivity index (χ0) is 11.3. The van der Waals surface area contributed by atoms with Gasteiger partial charge in [0, 0.05) is 23.9 Å². The molecule has 2 unspecified atom stereocenters. The Morgan fingerprint density at radius 2 is 2.40 bits per heavy atom. The Morgan fingerprint density at radius 1 is 1.67 bits per heavy atom. The van der Waals surface area contributed by atoms with Crippen LogP contribution in [0.1, 0.15) is 26.2 Å². The predicted molar refractivity (Wildman–Crippen MR) is 62.3 cm³/mol. The van der Waals surface area contributed by atoms with Crippen LogP contribution in [-0.4, -0.2) is 29.1 Å². The second-order valence-corrected chi connectivity index (χ2v) is 4.81. The molecule has 1 fully saturated rings. The summed E-state index contributed by atoms with van der Waals surface area (Å²) in [6.07, 6.45) is 1.81. The zero-order valence-electron chi connectivity index (χ0n) is 8.95. The number of hydrogen-bond acceptors (Lipinski definition) is 4. The van der Waals surface area contributed by atoms with Crippen LogP contribution in [0.4, 0.5) is 0 Å². The summed E-state index contributed by atoms with van der Waals surface area (Å²) < 4.78 is 3.17. The van der Waals surface area contributed by atoms with Crippen LogP contribution in [-0.2, 0) is 4.79 Å². The largest absolute Gasteiger partial charge is 0.481 e. The van der Waals surface area contributed by atoms with E-state index in [4.69, 9.17) is 10.5 Å². The van der Waals surface area contributed by atoms with Crippen LogP contribution in [0, 0.1) is 17.2 Å². The summed E-state index contributed by atoms with van der Waals surface area (Å²) in [5.74, 6) is 0.421. The predicted octanol–water partition coefficient (Wildman–Crippen LogP) is 1.76. The van der Waals surface area contributed by atoms with Crippen LogP contribution in [0.15, 0.2) is 0 Å². The van der Waals surface area contributed by atoms with Crippen LogP contribution in [0.25, 0.3) is 0 Å². The van der Waals surface area contributed by atoms with Crippen LogP contribution < -0.4 is 4.72 Å². The number of carboxylic acids is 1.